The highest BCUT2D eigenvalue weighted by molar-refractivity contribution is 7.92. The summed E-state index contributed by atoms with van der Waals surface area (Å²) in [6.45, 7) is 0. The average molecular weight is 434 g/mol. The molecule has 28 heavy (non-hydrogen) atoms. The van der Waals surface area contributed by atoms with E-state index in [1.54, 1.807) is 24.4 Å². The summed E-state index contributed by atoms with van der Waals surface area (Å²) in [5.74, 6) is 0.553. The number of fused-ring (bicyclic) bond motifs is 1. The van der Waals surface area contributed by atoms with Crippen LogP contribution in [0.15, 0.2) is 65.7 Å². The number of anilines is 3. The second-order valence-electron chi connectivity index (χ2n) is 5.85. The van der Waals surface area contributed by atoms with Crippen molar-refractivity contribution in [2.45, 2.75) is 4.90 Å². The first-order valence-electron chi connectivity index (χ1n) is 8.06. The number of hydrogen-bond donors (Lipinski definition) is 3. The Morgan fingerprint density at radius 3 is 2.54 bits per heavy atom. The second kappa shape index (κ2) is 7.31. The van der Waals surface area contributed by atoms with Crippen LogP contribution in [-0.4, -0.2) is 23.6 Å². The van der Waals surface area contributed by atoms with Gasteiger partial charge in [-0.15, -0.1) is 0 Å². The zero-order chi connectivity index (χ0) is 19.7. The van der Waals surface area contributed by atoms with Crippen LogP contribution in [0.3, 0.4) is 0 Å². The summed E-state index contributed by atoms with van der Waals surface area (Å²) in [5.41, 5.74) is 2.41. The highest BCUT2D eigenvalue weighted by Gasteiger charge is 2.16. The number of aromatic amines is 1. The topological polar surface area (TPSA) is 99.8 Å². The molecule has 7 nitrogen and oxygen atoms in total. The molecule has 2 aromatic heterocycles. The van der Waals surface area contributed by atoms with Crippen molar-refractivity contribution >= 4 is 61.5 Å². The zero-order valence-electron chi connectivity index (χ0n) is 14.1. The molecule has 3 N–H and O–H groups in total. The molecule has 10 heteroatoms. The number of pyridine rings is 1. The van der Waals surface area contributed by atoms with Crippen molar-refractivity contribution in [2.75, 3.05) is 10.0 Å². The van der Waals surface area contributed by atoms with E-state index in [9.17, 15) is 8.42 Å². The fraction of sp³-hybridized carbons (Fsp3) is 0. The Balaban J connectivity index is 1.55. The van der Waals surface area contributed by atoms with Gasteiger partial charge in [-0.3, -0.25) is 14.8 Å². The van der Waals surface area contributed by atoms with Crippen LogP contribution in [0.1, 0.15) is 0 Å². The van der Waals surface area contributed by atoms with Crippen molar-refractivity contribution < 1.29 is 8.42 Å². The number of halogens is 2. The van der Waals surface area contributed by atoms with Crippen LogP contribution < -0.4 is 10.0 Å². The highest BCUT2D eigenvalue weighted by atomic mass is 35.5. The van der Waals surface area contributed by atoms with Gasteiger partial charge in [-0.25, -0.2) is 8.42 Å². The number of H-pyrrole nitrogens is 1. The van der Waals surface area contributed by atoms with E-state index in [1.807, 2.05) is 12.1 Å². The molecule has 0 fully saturated rings. The largest absolute Gasteiger partial charge is 0.337 e. The predicted molar refractivity (Wildman–Crippen MR) is 111 cm³/mol. The molecular weight excluding hydrogens is 421 g/mol. The molecular formula is C18H13Cl2N5O2S. The van der Waals surface area contributed by atoms with Gasteiger partial charge in [0.05, 0.1) is 21.1 Å². The van der Waals surface area contributed by atoms with E-state index >= 15 is 0 Å². The summed E-state index contributed by atoms with van der Waals surface area (Å²) in [4.78, 5) is 4.36. The maximum Gasteiger partial charge on any atom is 0.261 e. The summed E-state index contributed by atoms with van der Waals surface area (Å²) < 4.78 is 27.6. The molecule has 0 atom stereocenters. The van der Waals surface area contributed by atoms with Gasteiger partial charge in [0.1, 0.15) is 5.52 Å². The third-order valence-electron chi connectivity index (χ3n) is 3.92. The SMILES string of the molecule is O=S(=O)(Nc1ccc(Cl)cc1Cl)c1ccc(Nc2n[nH]c3cccnc23)cc1. The van der Waals surface area contributed by atoms with E-state index in [4.69, 9.17) is 23.2 Å². The fourth-order valence-electron chi connectivity index (χ4n) is 2.57. The molecule has 0 saturated carbocycles. The lowest BCUT2D eigenvalue weighted by Gasteiger charge is -2.10. The van der Waals surface area contributed by atoms with E-state index in [0.29, 0.717) is 22.0 Å². The minimum atomic E-state index is -3.80. The van der Waals surface area contributed by atoms with Gasteiger partial charge in [-0.2, -0.15) is 5.10 Å². The maximum atomic E-state index is 12.6. The van der Waals surface area contributed by atoms with Gasteiger partial charge in [-0.1, -0.05) is 23.2 Å². The van der Waals surface area contributed by atoms with Gasteiger partial charge in [0, 0.05) is 16.9 Å². The van der Waals surface area contributed by atoms with E-state index in [2.05, 4.69) is 25.2 Å². The molecule has 0 radical (unpaired) electrons. The summed E-state index contributed by atoms with van der Waals surface area (Å²) in [5, 5.41) is 10.8. The number of hydrogen-bond acceptors (Lipinski definition) is 5. The van der Waals surface area contributed by atoms with E-state index < -0.39 is 10.0 Å². The minimum absolute atomic E-state index is 0.0917. The predicted octanol–water partition coefficient (Wildman–Crippen LogP) is 4.81. The standard InChI is InChI=1S/C18H13Cl2N5O2S/c19-11-3-8-15(14(20)10-11)25-28(26,27)13-6-4-12(5-7-13)22-18-17-16(23-24-18)2-1-9-21-17/h1-10,25H,(H2,22,23,24). The zero-order valence-corrected chi connectivity index (χ0v) is 16.5. The normalized spacial score (nSPS) is 11.5. The molecule has 0 bridgehead atoms. The Morgan fingerprint density at radius 1 is 1.00 bits per heavy atom. The smallest absolute Gasteiger partial charge is 0.261 e. The van der Waals surface area contributed by atoms with Crippen LogP contribution in [0.5, 0.6) is 0 Å². The van der Waals surface area contributed by atoms with Crippen LogP contribution in [0.25, 0.3) is 11.0 Å². The van der Waals surface area contributed by atoms with Gasteiger partial charge in [-0.05, 0) is 54.6 Å². The second-order valence-corrected chi connectivity index (χ2v) is 8.38. The van der Waals surface area contributed by atoms with Crippen molar-refractivity contribution in [3.8, 4) is 0 Å². The van der Waals surface area contributed by atoms with Crippen molar-refractivity contribution in [3.05, 3.63) is 70.8 Å². The van der Waals surface area contributed by atoms with E-state index in [1.165, 1.54) is 24.3 Å². The van der Waals surface area contributed by atoms with Crippen LogP contribution in [0.4, 0.5) is 17.2 Å². The van der Waals surface area contributed by atoms with Gasteiger partial charge in [0.15, 0.2) is 5.82 Å². The Labute approximate surface area is 170 Å². The molecule has 2 heterocycles. The average Bonchev–Trinajstić information content (AvgIpc) is 3.08. The van der Waals surface area contributed by atoms with E-state index in [-0.39, 0.29) is 15.6 Å². The Hall–Kier alpha value is -2.81. The van der Waals surface area contributed by atoms with Crippen molar-refractivity contribution in [3.63, 3.8) is 0 Å². The molecule has 142 valence electrons. The number of nitrogens with one attached hydrogen (secondary N) is 3. The first kappa shape index (κ1) is 18.5. The lowest BCUT2D eigenvalue weighted by atomic mass is 10.3. The van der Waals surface area contributed by atoms with Crippen LogP contribution in [0, 0.1) is 0 Å². The Bertz CT molecular complexity index is 1260. The van der Waals surface area contributed by atoms with Crippen LogP contribution in [-0.2, 0) is 10.0 Å². The number of aromatic nitrogens is 3. The quantitative estimate of drug-likeness (QED) is 0.419. The summed E-state index contributed by atoms with van der Waals surface area (Å²) in [6.07, 6.45) is 1.67. The number of rotatable bonds is 5. The van der Waals surface area contributed by atoms with Crippen molar-refractivity contribution in [1.29, 1.82) is 0 Å². The van der Waals surface area contributed by atoms with Crippen LogP contribution in [0.2, 0.25) is 10.0 Å². The Kier molecular flexibility index (Phi) is 4.84. The maximum absolute atomic E-state index is 12.6. The lowest BCUT2D eigenvalue weighted by molar-refractivity contribution is 0.601. The van der Waals surface area contributed by atoms with Crippen molar-refractivity contribution in [2.24, 2.45) is 0 Å². The molecule has 0 aliphatic rings. The molecule has 0 unspecified atom stereocenters. The Morgan fingerprint density at radius 2 is 1.79 bits per heavy atom. The summed E-state index contributed by atoms with van der Waals surface area (Å²) >= 11 is 11.9. The van der Waals surface area contributed by atoms with Gasteiger partial charge >= 0.3 is 0 Å². The molecule has 0 saturated heterocycles. The van der Waals surface area contributed by atoms with Gasteiger partial charge in [0.2, 0.25) is 0 Å². The molecule has 4 aromatic rings. The monoisotopic (exact) mass is 433 g/mol. The first-order valence-corrected chi connectivity index (χ1v) is 10.3. The lowest BCUT2D eigenvalue weighted by Crippen LogP contribution is -2.13. The minimum Gasteiger partial charge on any atom is -0.337 e. The number of benzene rings is 2. The summed E-state index contributed by atoms with van der Waals surface area (Å²) in [7, 11) is -3.80. The molecule has 0 aliphatic heterocycles. The fourth-order valence-corrected chi connectivity index (χ4v) is 4.16. The third-order valence-corrected chi connectivity index (χ3v) is 5.85. The molecule has 0 aliphatic carbocycles. The number of nitrogens with zero attached hydrogens (tertiary/aromatic N) is 2. The highest BCUT2D eigenvalue weighted by Crippen LogP contribution is 2.28. The molecule has 0 spiro atoms. The van der Waals surface area contributed by atoms with Crippen molar-refractivity contribution in [1.82, 2.24) is 15.2 Å². The third kappa shape index (κ3) is 3.75. The summed E-state index contributed by atoms with van der Waals surface area (Å²) in [6, 6.07) is 14.5. The molecule has 2 aromatic carbocycles. The van der Waals surface area contributed by atoms with Gasteiger partial charge in [0.25, 0.3) is 10.0 Å². The first-order chi connectivity index (χ1) is 13.4. The van der Waals surface area contributed by atoms with Gasteiger partial charge < -0.3 is 5.32 Å². The van der Waals surface area contributed by atoms with E-state index in [0.717, 1.165) is 5.52 Å². The van der Waals surface area contributed by atoms with Crippen LogP contribution >= 0.6 is 23.2 Å². The molecule has 4 rings (SSSR count). The molecule has 0 amide bonds. The number of sulfonamides is 1.